The number of hydrogen-bond donors (Lipinski definition) is 5. The number of ether oxygens (including phenoxy) is 7. The van der Waals surface area contributed by atoms with Gasteiger partial charge in [0.25, 0.3) is 0 Å². The molecule has 5 N–H and O–H groups in total. The second kappa shape index (κ2) is 12.2. The lowest BCUT2D eigenvalue weighted by molar-refractivity contribution is -0.370. The number of aliphatic hydroxyl groups excluding tert-OH is 5. The minimum atomic E-state index is -1.42. The van der Waals surface area contributed by atoms with Crippen LogP contribution in [0.15, 0.2) is 0 Å². The third-order valence-electron chi connectivity index (χ3n) is 8.83. The lowest BCUT2D eigenvalue weighted by Crippen LogP contribution is -2.67. The summed E-state index contributed by atoms with van der Waals surface area (Å²) in [7, 11) is 0. The molecule has 1 saturated carbocycles. The highest BCUT2D eigenvalue weighted by molar-refractivity contribution is 4.99. The van der Waals surface area contributed by atoms with Crippen molar-refractivity contribution in [1.82, 2.24) is 0 Å². The summed E-state index contributed by atoms with van der Waals surface area (Å²) >= 11 is 0. The predicted molar refractivity (Wildman–Crippen MR) is 129 cm³/mol. The minimum absolute atomic E-state index is 0.0901. The van der Waals surface area contributed by atoms with Crippen molar-refractivity contribution >= 4 is 0 Å². The van der Waals surface area contributed by atoms with Gasteiger partial charge in [0.15, 0.2) is 12.6 Å². The monoisotopic (exact) mass is 548 g/mol. The highest BCUT2D eigenvalue weighted by Gasteiger charge is 2.54. The summed E-state index contributed by atoms with van der Waals surface area (Å²) in [6, 6.07) is 0. The molecule has 12 nitrogen and oxygen atoms in total. The largest absolute Gasteiger partial charge is 0.394 e. The maximum absolute atomic E-state index is 11.0. The van der Waals surface area contributed by atoms with E-state index in [9.17, 15) is 25.5 Å². The first-order chi connectivity index (χ1) is 18.3. The first-order valence-corrected chi connectivity index (χ1v) is 14.1. The summed E-state index contributed by atoms with van der Waals surface area (Å²) in [6.07, 6.45) is -6.63. The molecule has 5 rings (SSSR count). The normalized spacial score (nSPS) is 49.5. The molecule has 12 heteroatoms. The summed E-state index contributed by atoms with van der Waals surface area (Å²) in [5.74, 6) is 0.0901. The van der Waals surface area contributed by atoms with Gasteiger partial charge < -0.3 is 58.7 Å². The zero-order valence-electron chi connectivity index (χ0n) is 22.2. The van der Waals surface area contributed by atoms with Crippen LogP contribution in [0.4, 0.5) is 0 Å². The van der Waals surface area contributed by atoms with Crippen molar-refractivity contribution in [3.63, 3.8) is 0 Å². The van der Waals surface area contributed by atoms with Gasteiger partial charge in [0.05, 0.1) is 38.1 Å². The summed E-state index contributed by atoms with van der Waals surface area (Å²) in [4.78, 5) is 0. The smallest absolute Gasteiger partial charge is 0.187 e. The molecule has 4 heterocycles. The first-order valence-electron chi connectivity index (χ1n) is 14.1. The fraction of sp³-hybridized carbons (Fsp3) is 1.00. The molecule has 5 fully saturated rings. The number of hydrogen-bond acceptors (Lipinski definition) is 12. The fourth-order valence-corrected chi connectivity index (χ4v) is 6.41. The molecule has 6 unspecified atom stereocenters. The molecule has 13 atom stereocenters. The lowest BCUT2D eigenvalue weighted by Gasteiger charge is -2.52. The average Bonchev–Trinajstić information content (AvgIpc) is 2.87. The maximum atomic E-state index is 11.0. The molecular weight excluding hydrogens is 504 g/mol. The lowest BCUT2D eigenvalue weighted by atomic mass is 9.82. The van der Waals surface area contributed by atoms with E-state index in [0.29, 0.717) is 26.2 Å². The Hall–Kier alpha value is -0.480. The van der Waals surface area contributed by atoms with Gasteiger partial charge >= 0.3 is 0 Å². The molecule has 5 aliphatic rings. The highest BCUT2D eigenvalue weighted by atomic mass is 16.7. The van der Waals surface area contributed by atoms with Crippen molar-refractivity contribution in [2.45, 2.75) is 132 Å². The average molecular weight is 549 g/mol. The third kappa shape index (κ3) is 5.65. The van der Waals surface area contributed by atoms with Gasteiger partial charge in [-0.15, -0.1) is 0 Å². The Morgan fingerprint density at radius 1 is 0.868 bits per heavy atom. The Balaban J connectivity index is 1.35. The van der Waals surface area contributed by atoms with Gasteiger partial charge in [-0.2, -0.15) is 0 Å². The first kappa shape index (κ1) is 29.0. The Labute approximate surface area is 223 Å². The van der Waals surface area contributed by atoms with Crippen LogP contribution < -0.4 is 0 Å². The maximum Gasteiger partial charge on any atom is 0.187 e. The van der Waals surface area contributed by atoms with Crippen LogP contribution >= 0.6 is 0 Å². The van der Waals surface area contributed by atoms with Crippen molar-refractivity contribution in [3.05, 3.63) is 0 Å². The molecule has 4 aliphatic heterocycles. The van der Waals surface area contributed by atoms with Crippen LogP contribution in [-0.2, 0) is 33.2 Å². The topological polar surface area (TPSA) is 166 Å². The SMILES string of the molecule is CCC1CCC[C@@H](O[C@@H]2O[C@@H](CO)[C@H](O)C3OC4(CCCOC32)COC4)C1O[C@@H]1OC(C)[C@@H](O)C(O)[C@@H]1O. The standard InChI is InChI=1S/C26H44O12/c1-3-14-6-4-7-15(21(14)37-24-20(31)19(30)17(28)13(2)34-24)35-25-23-22(18(29)16(10-27)36-25)38-26(11-32-12-26)8-5-9-33-23/h13-25,27-31H,3-12H2,1-2H3/t13?,14?,15-,16+,17-,18+,19?,20+,21?,22?,23?,24+,25-/m1/s1. The van der Waals surface area contributed by atoms with Crippen LogP contribution in [0.2, 0.25) is 0 Å². The summed E-state index contributed by atoms with van der Waals surface area (Å²) in [6.45, 7) is 4.58. The van der Waals surface area contributed by atoms with Gasteiger partial charge in [-0.3, -0.25) is 0 Å². The summed E-state index contributed by atoms with van der Waals surface area (Å²) in [5, 5.41) is 51.9. The van der Waals surface area contributed by atoms with Gasteiger partial charge in [0.1, 0.15) is 48.3 Å². The van der Waals surface area contributed by atoms with Gasteiger partial charge in [-0.05, 0) is 38.5 Å². The molecule has 0 aromatic heterocycles. The van der Waals surface area contributed by atoms with Crippen LogP contribution in [0.1, 0.15) is 52.4 Å². The fourth-order valence-electron chi connectivity index (χ4n) is 6.41. The Morgan fingerprint density at radius 2 is 1.66 bits per heavy atom. The number of rotatable bonds is 6. The quantitative estimate of drug-likeness (QED) is 0.281. The van der Waals surface area contributed by atoms with Crippen LogP contribution in [0, 0.1) is 5.92 Å². The van der Waals surface area contributed by atoms with Crippen molar-refractivity contribution in [1.29, 1.82) is 0 Å². The molecule has 0 radical (unpaired) electrons. The second-order valence-electron chi connectivity index (χ2n) is 11.5. The van der Waals surface area contributed by atoms with Gasteiger partial charge in [0, 0.05) is 6.61 Å². The van der Waals surface area contributed by atoms with E-state index < -0.39 is 85.8 Å². The van der Waals surface area contributed by atoms with Crippen LogP contribution in [0.3, 0.4) is 0 Å². The van der Waals surface area contributed by atoms with Gasteiger partial charge in [0.2, 0.25) is 0 Å². The number of fused-ring (bicyclic) bond motifs is 1. The van der Waals surface area contributed by atoms with E-state index in [-0.39, 0.29) is 5.92 Å². The highest BCUT2D eigenvalue weighted by Crippen LogP contribution is 2.40. The third-order valence-corrected chi connectivity index (χ3v) is 8.83. The van der Waals surface area contributed by atoms with Crippen molar-refractivity contribution < 1.29 is 58.7 Å². The Bertz CT molecular complexity index is 767. The van der Waals surface area contributed by atoms with E-state index in [1.807, 2.05) is 0 Å². The minimum Gasteiger partial charge on any atom is -0.394 e. The molecule has 0 aromatic carbocycles. The summed E-state index contributed by atoms with van der Waals surface area (Å²) < 4.78 is 42.6. The Kier molecular flexibility index (Phi) is 9.30. The zero-order valence-corrected chi connectivity index (χ0v) is 22.2. The van der Waals surface area contributed by atoms with E-state index >= 15 is 0 Å². The second-order valence-corrected chi connectivity index (χ2v) is 11.5. The van der Waals surface area contributed by atoms with E-state index in [1.54, 1.807) is 6.92 Å². The summed E-state index contributed by atoms with van der Waals surface area (Å²) in [5.41, 5.74) is -0.490. The number of aliphatic hydroxyl groups is 5. The zero-order chi connectivity index (χ0) is 27.0. The van der Waals surface area contributed by atoms with E-state index in [2.05, 4.69) is 6.92 Å². The molecule has 0 bridgehead atoms. The van der Waals surface area contributed by atoms with Crippen molar-refractivity contribution in [2.24, 2.45) is 5.92 Å². The van der Waals surface area contributed by atoms with E-state index in [1.165, 1.54) is 0 Å². The van der Waals surface area contributed by atoms with E-state index in [4.69, 9.17) is 33.2 Å². The van der Waals surface area contributed by atoms with E-state index in [0.717, 1.165) is 32.1 Å². The Morgan fingerprint density at radius 3 is 2.34 bits per heavy atom. The molecule has 4 saturated heterocycles. The molecular formula is C26H44O12. The van der Waals surface area contributed by atoms with Crippen molar-refractivity contribution in [3.8, 4) is 0 Å². The van der Waals surface area contributed by atoms with Crippen molar-refractivity contribution in [2.75, 3.05) is 26.4 Å². The predicted octanol–water partition coefficient (Wildman–Crippen LogP) is -0.794. The molecule has 220 valence electrons. The van der Waals surface area contributed by atoms with Crippen LogP contribution in [0.25, 0.3) is 0 Å². The van der Waals surface area contributed by atoms with Crippen LogP contribution in [-0.4, -0.2) is 131 Å². The molecule has 0 aromatic rings. The molecule has 0 amide bonds. The molecule has 38 heavy (non-hydrogen) atoms. The van der Waals surface area contributed by atoms with Crippen LogP contribution in [0.5, 0.6) is 0 Å². The van der Waals surface area contributed by atoms with Gasteiger partial charge in [-0.1, -0.05) is 19.8 Å². The van der Waals surface area contributed by atoms with Gasteiger partial charge in [-0.25, -0.2) is 0 Å². The molecule has 1 spiro atoms. The molecule has 1 aliphatic carbocycles.